The number of ether oxygens (including phenoxy) is 1. The van der Waals surface area contributed by atoms with Crippen LogP contribution in [-0.2, 0) is 14.5 Å². The summed E-state index contributed by atoms with van der Waals surface area (Å²) in [5.41, 5.74) is 0. The third-order valence-corrected chi connectivity index (χ3v) is 1.91. The van der Waals surface area contributed by atoms with Crippen LogP contribution in [0.15, 0.2) is 0 Å². The fourth-order valence-corrected chi connectivity index (χ4v) is 1.31. The molecule has 0 saturated carbocycles. The van der Waals surface area contributed by atoms with Gasteiger partial charge in [0.05, 0.1) is 6.61 Å². The second-order valence-corrected chi connectivity index (χ2v) is 2.51. The van der Waals surface area contributed by atoms with Crippen LogP contribution in [0.2, 0.25) is 0 Å². The third-order valence-electron chi connectivity index (χ3n) is 1.91. The molecule has 2 aliphatic heterocycles. The highest BCUT2D eigenvalue weighted by Gasteiger charge is 2.48. The van der Waals surface area contributed by atoms with Crippen molar-refractivity contribution in [1.82, 2.24) is 5.06 Å². The van der Waals surface area contributed by atoms with Gasteiger partial charge in [0.15, 0.2) is 6.23 Å². The van der Waals surface area contributed by atoms with Gasteiger partial charge in [-0.2, -0.15) is 15.9 Å². The molecule has 2 rings (SSSR count). The van der Waals surface area contributed by atoms with Gasteiger partial charge in [-0.25, -0.2) is 0 Å². The maximum Gasteiger partial charge on any atom is 0.250 e. The van der Waals surface area contributed by atoms with Gasteiger partial charge >= 0.3 is 0 Å². The Morgan fingerprint density at radius 1 is 1.80 bits per heavy atom. The first-order valence-electron chi connectivity index (χ1n) is 3.13. The normalized spacial score (nSPS) is 37.7. The van der Waals surface area contributed by atoms with Crippen molar-refractivity contribution < 1.29 is 14.5 Å². The zero-order valence-electron chi connectivity index (χ0n) is 5.32. The van der Waals surface area contributed by atoms with E-state index >= 15 is 0 Å². The third kappa shape index (κ3) is 0.593. The van der Waals surface area contributed by atoms with E-state index in [0.717, 1.165) is 5.06 Å². The number of nitrogens with zero attached hydrogens (tertiary/aromatic N) is 1. The predicted molar refractivity (Wildman–Crippen MR) is 30.0 cm³/mol. The van der Waals surface area contributed by atoms with Gasteiger partial charge in [-0.3, -0.25) is 4.79 Å². The SMILES string of the molecule is NON1C(=O)CC2COC21. The second kappa shape index (κ2) is 1.91. The Hall–Kier alpha value is -0.650. The first-order valence-corrected chi connectivity index (χ1v) is 3.13. The van der Waals surface area contributed by atoms with Crippen LogP contribution in [0.1, 0.15) is 6.42 Å². The molecule has 5 nitrogen and oxygen atoms in total. The predicted octanol–water partition coefficient (Wildman–Crippen LogP) is -1.00. The molecule has 2 atom stereocenters. The molecule has 2 heterocycles. The van der Waals surface area contributed by atoms with Crippen LogP contribution in [-0.4, -0.2) is 23.8 Å². The molecule has 0 aromatic carbocycles. The standard InChI is InChI=1S/C5H8N2O3/c6-10-7-4(8)1-3-2-9-5(3)7/h3,5H,1-2,6H2. The molecule has 5 heteroatoms. The van der Waals surface area contributed by atoms with Crippen LogP contribution < -0.4 is 5.90 Å². The van der Waals surface area contributed by atoms with Crippen LogP contribution in [0.4, 0.5) is 0 Å². The van der Waals surface area contributed by atoms with Crippen LogP contribution in [0, 0.1) is 5.92 Å². The zero-order chi connectivity index (χ0) is 7.14. The van der Waals surface area contributed by atoms with E-state index in [0.29, 0.717) is 18.9 Å². The van der Waals surface area contributed by atoms with Gasteiger partial charge in [0, 0.05) is 12.3 Å². The van der Waals surface area contributed by atoms with E-state index in [1.165, 1.54) is 0 Å². The van der Waals surface area contributed by atoms with E-state index in [1.807, 2.05) is 0 Å². The number of amides is 1. The Balaban J connectivity index is 2.11. The summed E-state index contributed by atoms with van der Waals surface area (Å²) < 4.78 is 5.03. The van der Waals surface area contributed by atoms with Crippen LogP contribution in [0.25, 0.3) is 0 Å². The summed E-state index contributed by atoms with van der Waals surface area (Å²) in [6.45, 7) is 0.649. The lowest BCUT2D eigenvalue weighted by atomic mass is 10.1. The molecule has 2 saturated heterocycles. The number of hydrogen-bond acceptors (Lipinski definition) is 4. The van der Waals surface area contributed by atoms with E-state index in [1.54, 1.807) is 0 Å². The Morgan fingerprint density at radius 2 is 2.60 bits per heavy atom. The Labute approximate surface area is 57.6 Å². The number of rotatable bonds is 1. The summed E-state index contributed by atoms with van der Waals surface area (Å²) in [4.78, 5) is 15.2. The van der Waals surface area contributed by atoms with Gasteiger partial charge < -0.3 is 4.74 Å². The topological polar surface area (TPSA) is 64.8 Å². The quantitative estimate of drug-likeness (QED) is 0.479. The van der Waals surface area contributed by atoms with Gasteiger partial charge in [0.25, 0.3) is 5.91 Å². The molecular weight excluding hydrogens is 136 g/mol. The van der Waals surface area contributed by atoms with Gasteiger partial charge in [0.2, 0.25) is 0 Å². The Bertz CT molecular complexity index is 172. The minimum Gasteiger partial charge on any atom is -0.355 e. The average Bonchev–Trinajstić information content (AvgIpc) is 2.09. The summed E-state index contributed by atoms with van der Waals surface area (Å²) in [6.07, 6.45) is 0.291. The highest BCUT2D eigenvalue weighted by molar-refractivity contribution is 5.78. The van der Waals surface area contributed by atoms with Crippen molar-refractivity contribution in [2.75, 3.05) is 6.61 Å². The number of fused-ring (bicyclic) bond motifs is 1. The van der Waals surface area contributed by atoms with Crippen molar-refractivity contribution in [3.63, 3.8) is 0 Å². The molecule has 2 aliphatic rings. The molecule has 2 fully saturated rings. The highest BCUT2D eigenvalue weighted by atomic mass is 16.8. The molecule has 2 unspecified atom stereocenters. The summed E-state index contributed by atoms with van der Waals surface area (Å²) in [6, 6.07) is 0. The fraction of sp³-hybridized carbons (Fsp3) is 0.800. The molecule has 10 heavy (non-hydrogen) atoms. The van der Waals surface area contributed by atoms with Crippen LogP contribution in [0.3, 0.4) is 0 Å². The monoisotopic (exact) mass is 144 g/mol. The van der Waals surface area contributed by atoms with Gasteiger partial charge in [-0.05, 0) is 0 Å². The average molecular weight is 144 g/mol. The first kappa shape index (κ1) is 6.09. The summed E-state index contributed by atoms with van der Waals surface area (Å²) in [7, 11) is 0. The molecule has 2 N–H and O–H groups in total. The number of hydrogen-bond donors (Lipinski definition) is 1. The van der Waals surface area contributed by atoms with Crippen molar-refractivity contribution in [3.8, 4) is 0 Å². The maximum atomic E-state index is 10.9. The van der Waals surface area contributed by atoms with Crippen molar-refractivity contribution in [2.24, 2.45) is 11.8 Å². The smallest absolute Gasteiger partial charge is 0.250 e. The van der Waals surface area contributed by atoms with E-state index < -0.39 is 0 Å². The van der Waals surface area contributed by atoms with E-state index in [9.17, 15) is 4.79 Å². The molecule has 0 spiro atoms. The number of carbonyl (C=O) groups excluding carboxylic acids is 1. The van der Waals surface area contributed by atoms with Gasteiger partial charge in [-0.1, -0.05) is 0 Å². The lowest BCUT2D eigenvalue weighted by molar-refractivity contribution is -0.277. The summed E-state index contributed by atoms with van der Waals surface area (Å²) in [5.74, 6) is 5.05. The van der Waals surface area contributed by atoms with Crippen molar-refractivity contribution in [1.29, 1.82) is 0 Å². The number of hydroxylamine groups is 2. The molecule has 1 amide bonds. The number of nitrogens with two attached hydrogens (primary N) is 1. The Morgan fingerprint density at radius 3 is 2.90 bits per heavy atom. The second-order valence-electron chi connectivity index (χ2n) is 2.51. The van der Waals surface area contributed by atoms with Gasteiger partial charge in [0.1, 0.15) is 0 Å². The highest BCUT2D eigenvalue weighted by Crippen LogP contribution is 2.33. The lowest BCUT2D eigenvalue weighted by Crippen LogP contribution is -2.46. The minimum atomic E-state index is -0.211. The Kier molecular flexibility index (Phi) is 1.17. The van der Waals surface area contributed by atoms with Crippen molar-refractivity contribution in [3.05, 3.63) is 0 Å². The summed E-state index contributed by atoms with van der Waals surface area (Å²) >= 11 is 0. The fourth-order valence-electron chi connectivity index (χ4n) is 1.31. The van der Waals surface area contributed by atoms with E-state index in [2.05, 4.69) is 4.94 Å². The largest absolute Gasteiger partial charge is 0.355 e. The van der Waals surface area contributed by atoms with Crippen LogP contribution >= 0.6 is 0 Å². The van der Waals surface area contributed by atoms with Crippen molar-refractivity contribution >= 4 is 5.91 Å². The number of carbonyl (C=O) groups is 1. The van der Waals surface area contributed by atoms with E-state index in [-0.39, 0.29) is 12.1 Å². The summed E-state index contributed by atoms with van der Waals surface area (Å²) in [5, 5.41) is 1.09. The van der Waals surface area contributed by atoms with E-state index in [4.69, 9.17) is 10.6 Å². The maximum absolute atomic E-state index is 10.9. The van der Waals surface area contributed by atoms with Gasteiger partial charge in [-0.15, -0.1) is 0 Å². The lowest BCUT2D eigenvalue weighted by Gasteiger charge is -2.33. The molecule has 0 bridgehead atoms. The molecule has 0 aliphatic carbocycles. The first-order chi connectivity index (χ1) is 4.83. The molecule has 0 radical (unpaired) electrons. The minimum absolute atomic E-state index is 0.0880. The molecule has 0 aromatic heterocycles. The molecule has 56 valence electrons. The van der Waals surface area contributed by atoms with Crippen LogP contribution in [0.5, 0.6) is 0 Å². The molecular formula is C5H8N2O3. The molecule has 0 aromatic rings. The zero-order valence-corrected chi connectivity index (χ0v) is 5.32. The van der Waals surface area contributed by atoms with Crippen molar-refractivity contribution in [2.45, 2.75) is 12.6 Å².